The van der Waals surface area contributed by atoms with E-state index in [1.807, 2.05) is 6.92 Å². The summed E-state index contributed by atoms with van der Waals surface area (Å²) in [5.41, 5.74) is 0. The number of hydrogen-bond acceptors (Lipinski definition) is 4. The van der Waals surface area contributed by atoms with Gasteiger partial charge in [0.2, 0.25) is 5.91 Å². The molecular formula is C9H18NO4S-. The first-order valence-electron chi connectivity index (χ1n) is 5.00. The van der Waals surface area contributed by atoms with Crippen LogP contribution in [0.3, 0.4) is 0 Å². The van der Waals surface area contributed by atoms with Gasteiger partial charge in [-0.15, -0.1) is 0 Å². The highest BCUT2D eigenvalue weighted by Gasteiger charge is 2.13. The molecule has 0 heterocycles. The van der Waals surface area contributed by atoms with Crippen LogP contribution in [0.4, 0.5) is 0 Å². The van der Waals surface area contributed by atoms with Crippen molar-refractivity contribution in [2.75, 3.05) is 5.75 Å². The normalized spacial score (nSPS) is 15.7. The van der Waals surface area contributed by atoms with Gasteiger partial charge in [0, 0.05) is 17.7 Å². The minimum Gasteiger partial charge on any atom is -0.748 e. The van der Waals surface area contributed by atoms with Crippen molar-refractivity contribution in [3.8, 4) is 0 Å². The fourth-order valence-corrected chi connectivity index (χ4v) is 1.61. The quantitative estimate of drug-likeness (QED) is 0.679. The van der Waals surface area contributed by atoms with Crippen LogP contribution in [0, 0.1) is 5.92 Å². The Morgan fingerprint density at radius 2 is 1.93 bits per heavy atom. The second kappa shape index (κ2) is 6.07. The molecule has 0 spiro atoms. The summed E-state index contributed by atoms with van der Waals surface area (Å²) in [4.78, 5) is 11.4. The highest BCUT2D eigenvalue weighted by Crippen LogP contribution is 2.02. The number of carbonyl (C=O) groups is 1. The number of carbonyl (C=O) groups excluding carboxylic acids is 1. The van der Waals surface area contributed by atoms with Crippen LogP contribution in [0.25, 0.3) is 0 Å². The van der Waals surface area contributed by atoms with E-state index in [-0.39, 0.29) is 24.3 Å². The molecule has 1 amide bonds. The summed E-state index contributed by atoms with van der Waals surface area (Å²) in [5, 5.41) is 2.66. The maximum atomic E-state index is 11.4. The summed E-state index contributed by atoms with van der Waals surface area (Å²) in [6.07, 6.45) is 0.895. The second-order valence-electron chi connectivity index (χ2n) is 3.77. The molecule has 0 aromatic rings. The van der Waals surface area contributed by atoms with Gasteiger partial charge in [-0.2, -0.15) is 0 Å². The van der Waals surface area contributed by atoms with Gasteiger partial charge in [0.25, 0.3) is 0 Å². The Morgan fingerprint density at radius 3 is 2.33 bits per heavy atom. The van der Waals surface area contributed by atoms with Crippen molar-refractivity contribution in [1.82, 2.24) is 5.32 Å². The van der Waals surface area contributed by atoms with Gasteiger partial charge in [-0.05, 0) is 19.8 Å². The van der Waals surface area contributed by atoms with Gasteiger partial charge in [0.1, 0.15) is 0 Å². The van der Waals surface area contributed by atoms with Crippen molar-refractivity contribution in [2.45, 2.75) is 39.7 Å². The van der Waals surface area contributed by atoms with Crippen LogP contribution >= 0.6 is 0 Å². The lowest BCUT2D eigenvalue weighted by Crippen LogP contribution is -2.37. The van der Waals surface area contributed by atoms with E-state index in [0.717, 1.165) is 6.42 Å². The molecule has 5 nitrogen and oxygen atoms in total. The molecule has 6 heteroatoms. The van der Waals surface area contributed by atoms with Crippen LogP contribution in [0.15, 0.2) is 0 Å². The van der Waals surface area contributed by atoms with Crippen LogP contribution < -0.4 is 5.32 Å². The smallest absolute Gasteiger partial charge is 0.223 e. The maximum Gasteiger partial charge on any atom is 0.223 e. The minimum atomic E-state index is -4.18. The monoisotopic (exact) mass is 236 g/mol. The summed E-state index contributed by atoms with van der Waals surface area (Å²) >= 11 is 0. The first kappa shape index (κ1) is 14.4. The van der Waals surface area contributed by atoms with E-state index in [0.29, 0.717) is 0 Å². The number of rotatable bonds is 6. The molecular weight excluding hydrogens is 218 g/mol. The molecule has 0 aliphatic carbocycles. The molecule has 0 aliphatic heterocycles. The van der Waals surface area contributed by atoms with Crippen molar-refractivity contribution < 1.29 is 17.8 Å². The van der Waals surface area contributed by atoms with Crippen molar-refractivity contribution in [2.24, 2.45) is 5.92 Å². The van der Waals surface area contributed by atoms with E-state index in [1.165, 1.54) is 0 Å². The lowest BCUT2D eigenvalue weighted by Gasteiger charge is -2.17. The van der Waals surface area contributed by atoms with E-state index in [1.54, 1.807) is 13.8 Å². The molecule has 15 heavy (non-hydrogen) atoms. The molecule has 0 aliphatic rings. The van der Waals surface area contributed by atoms with Gasteiger partial charge in [-0.3, -0.25) is 4.79 Å². The summed E-state index contributed by atoms with van der Waals surface area (Å²) in [6, 6.07) is -0.282. The molecule has 1 N–H and O–H groups in total. The number of amides is 1. The van der Waals surface area contributed by atoms with Crippen LogP contribution in [0.5, 0.6) is 0 Å². The zero-order valence-electron chi connectivity index (χ0n) is 9.32. The van der Waals surface area contributed by atoms with Gasteiger partial charge < -0.3 is 9.87 Å². The van der Waals surface area contributed by atoms with Gasteiger partial charge in [0.15, 0.2) is 0 Å². The molecule has 90 valence electrons. The number of hydrogen-bond donors (Lipinski definition) is 1. The molecule has 0 fully saturated rings. The lowest BCUT2D eigenvalue weighted by molar-refractivity contribution is -0.125. The summed E-state index contributed by atoms with van der Waals surface area (Å²) in [7, 11) is -4.18. The zero-order valence-corrected chi connectivity index (χ0v) is 10.1. The summed E-state index contributed by atoms with van der Waals surface area (Å²) in [5.74, 6) is -0.626. The summed E-state index contributed by atoms with van der Waals surface area (Å²) in [6.45, 7) is 5.38. The standard InChI is InChI=1S/C9H19NO4S/c1-4-7(2)9(11)10-8(3)5-6-15(12,13)14/h7-8H,4-6H2,1-3H3,(H,10,11)(H,12,13,14)/p-1. The van der Waals surface area contributed by atoms with Crippen LogP contribution in [0.2, 0.25) is 0 Å². The summed E-state index contributed by atoms with van der Waals surface area (Å²) < 4.78 is 31.0. The highest BCUT2D eigenvalue weighted by atomic mass is 32.2. The molecule has 0 saturated heterocycles. The van der Waals surface area contributed by atoms with E-state index in [2.05, 4.69) is 5.32 Å². The Hall–Kier alpha value is -0.620. The minimum absolute atomic E-state index is 0.0868. The Kier molecular flexibility index (Phi) is 5.82. The van der Waals surface area contributed by atoms with E-state index in [9.17, 15) is 17.8 Å². The Morgan fingerprint density at radius 1 is 1.40 bits per heavy atom. The third-order valence-electron chi connectivity index (χ3n) is 2.25. The predicted octanol–water partition coefficient (Wildman–Crippen LogP) is 0.473. The third kappa shape index (κ3) is 7.33. The topological polar surface area (TPSA) is 86.3 Å². The lowest BCUT2D eigenvalue weighted by atomic mass is 10.1. The van der Waals surface area contributed by atoms with Crippen molar-refractivity contribution in [1.29, 1.82) is 0 Å². The van der Waals surface area contributed by atoms with Crippen LogP contribution in [0.1, 0.15) is 33.6 Å². The van der Waals surface area contributed by atoms with Gasteiger partial charge in [0.05, 0.1) is 10.1 Å². The molecule has 0 bridgehead atoms. The van der Waals surface area contributed by atoms with Crippen molar-refractivity contribution in [3.05, 3.63) is 0 Å². The van der Waals surface area contributed by atoms with E-state index < -0.39 is 15.9 Å². The highest BCUT2D eigenvalue weighted by molar-refractivity contribution is 7.85. The van der Waals surface area contributed by atoms with E-state index >= 15 is 0 Å². The fourth-order valence-electron chi connectivity index (χ4n) is 0.964. The molecule has 0 rings (SSSR count). The average molecular weight is 236 g/mol. The SMILES string of the molecule is CCC(C)C(=O)NC(C)CCS(=O)(=O)[O-]. The van der Waals surface area contributed by atoms with E-state index in [4.69, 9.17) is 0 Å². The van der Waals surface area contributed by atoms with Crippen molar-refractivity contribution >= 4 is 16.0 Å². The van der Waals surface area contributed by atoms with Crippen LogP contribution in [-0.4, -0.2) is 30.7 Å². The maximum absolute atomic E-state index is 11.4. The first-order valence-corrected chi connectivity index (χ1v) is 6.58. The Labute approximate surface area is 91.0 Å². The Bertz CT molecular complexity index is 299. The molecule has 0 aromatic heterocycles. The average Bonchev–Trinajstić information content (AvgIpc) is 2.12. The number of nitrogens with one attached hydrogen (secondary N) is 1. The molecule has 0 radical (unpaired) electrons. The largest absolute Gasteiger partial charge is 0.748 e. The fraction of sp³-hybridized carbons (Fsp3) is 0.889. The molecule has 2 unspecified atom stereocenters. The van der Waals surface area contributed by atoms with Gasteiger partial charge in [-0.1, -0.05) is 13.8 Å². The van der Waals surface area contributed by atoms with Gasteiger partial charge in [-0.25, -0.2) is 8.42 Å². The molecule has 0 saturated carbocycles. The first-order chi connectivity index (χ1) is 6.76. The Balaban J connectivity index is 3.94. The third-order valence-corrected chi connectivity index (χ3v) is 2.99. The van der Waals surface area contributed by atoms with Crippen LogP contribution in [-0.2, 0) is 14.9 Å². The molecule has 2 atom stereocenters. The van der Waals surface area contributed by atoms with Crippen molar-refractivity contribution in [3.63, 3.8) is 0 Å². The zero-order chi connectivity index (χ0) is 12.1. The van der Waals surface area contributed by atoms with Gasteiger partial charge >= 0.3 is 0 Å². The molecule has 0 aromatic carbocycles. The second-order valence-corrected chi connectivity index (χ2v) is 5.29. The predicted molar refractivity (Wildman–Crippen MR) is 56.2 cm³/mol.